The van der Waals surface area contributed by atoms with Crippen LogP contribution in [-0.4, -0.2) is 45.6 Å². The number of hydrogen-bond acceptors (Lipinski definition) is 4. The molecule has 0 spiro atoms. The normalized spacial score (nSPS) is 19.3. The van der Waals surface area contributed by atoms with Gasteiger partial charge < -0.3 is 10.1 Å². The first-order valence-corrected chi connectivity index (χ1v) is 8.85. The number of ether oxygens (including phenoxy) is 1. The molecule has 1 aromatic rings. The van der Waals surface area contributed by atoms with E-state index in [1.54, 1.807) is 19.2 Å². The van der Waals surface area contributed by atoms with Crippen LogP contribution in [0.15, 0.2) is 29.2 Å². The Hall–Kier alpha value is -0.950. The number of nitrogens with zero attached hydrogens (tertiary/aromatic N) is 1. The van der Waals surface area contributed by atoms with Crippen LogP contribution >= 0.6 is 0 Å². The molecule has 0 radical (unpaired) electrons. The van der Waals surface area contributed by atoms with Crippen LogP contribution < -0.4 is 5.32 Å². The van der Waals surface area contributed by atoms with E-state index in [0.29, 0.717) is 24.7 Å². The molecule has 0 bridgehead atoms. The largest absolute Gasteiger partial charge is 0.380 e. The van der Waals surface area contributed by atoms with Crippen LogP contribution in [0.4, 0.5) is 0 Å². The highest BCUT2D eigenvalue weighted by atomic mass is 32.2. The van der Waals surface area contributed by atoms with Crippen molar-refractivity contribution in [3.05, 3.63) is 29.8 Å². The minimum absolute atomic E-state index is 0.0633. The monoisotopic (exact) mass is 312 g/mol. The molecule has 1 atom stereocenters. The molecule has 1 aliphatic heterocycles. The fourth-order valence-electron chi connectivity index (χ4n) is 2.46. The second-order valence-corrected chi connectivity index (χ2v) is 7.29. The molecule has 0 saturated carbocycles. The summed E-state index contributed by atoms with van der Waals surface area (Å²) in [7, 11) is -1.83. The Morgan fingerprint density at radius 3 is 2.81 bits per heavy atom. The van der Waals surface area contributed by atoms with Gasteiger partial charge in [0.25, 0.3) is 0 Å². The predicted octanol–water partition coefficient (Wildman–Crippen LogP) is 1.60. The molecule has 118 valence electrons. The summed E-state index contributed by atoms with van der Waals surface area (Å²) in [4.78, 5) is 0.392. The number of hydrogen-bond donors (Lipinski definition) is 1. The molecule has 6 heteroatoms. The van der Waals surface area contributed by atoms with E-state index in [1.165, 1.54) is 4.31 Å². The predicted molar refractivity (Wildman–Crippen MR) is 82.6 cm³/mol. The van der Waals surface area contributed by atoms with Crippen LogP contribution in [-0.2, 0) is 21.3 Å². The third-order valence-corrected chi connectivity index (χ3v) is 5.80. The first-order valence-electron chi connectivity index (χ1n) is 7.41. The molecule has 1 N–H and O–H groups in total. The average molecular weight is 312 g/mol. The molecular weight excluding hydrogens is 288 g/mol. The fraction of sp³-hybridized carbons (Fsp3) is 0.600. The Morgan fingerprint density at radius 2 is 2.14 bits per heavy atom. The molecule has 1 aliphatic rings. The van der Waals surface area contributed by atoms with Crippen LogP contribution in [0, 0.1) is 0 Å². The molecule has 21 heavy (non-hydrogen) atoms. The summed E-state index contributed by atoms with van der Waals surface area (Å²) in [5.74, 6) is 0. The maximum atomic E-state index is 12.8. The van der Waals surface area contributed by atoms with Crippen LogP contribution in [0.2, 0.25) is 0 Å². The topological polar surface area (TPSA) is 58.6 Å². The van der Waals surface area contributed by atoms with Crippen molar-refractivity contribution in [1.82, 2.24) is 9.62 Å². The molecule has 1 heterocycles. The molecular formula is C15H24N2O3S. The number of benzene rings is 1. The number of likely N-dealkylation sites (N-methyl/N-ethyl adjacent to an activating group) is 1. The van der Waals surface area contributed by atoms with Gasteiger partial charge in [-0.15, -0.1) is 0 Å². The molecule has 0 aromatic heterocycles. The van der Waals surface area contributed by atoms with E-state index >= 15 is 0 Å². The fourth-order valence-corrected chi connectivity index (χ4v) is 4.05. The van der Waals surface area contributed by atoms with Crippen LogP contribution in [0.25, 0.3) is 0 Å². The zero-order valence-electron chi connectivity index (χ0n) is 12.7. The van der Waals surface area contributed by atoms with Crippen molar-refractivity contribution < 1.29 is 13.2 Å². The zero-order chi connectivity index (χ0) is 15.3. The van der Waals surface area contributed by atoms with Gasteiger partial charge in [0.2, 0.25) is 10.0 Å². The van der Waals surface area contributed by atoms with Crippen molar-refractivity contribution in [3.63, 3.8) is 0 Å². The summed E-state index contributed by atoms with van der Waals surface area (Å²) >= 11 is 0. The van der Waals surface area contributed by atoms with E-state index < -0.39 is 10.0 Å². The zero-order valence-corrected chi connectivity index (χ0v) is 13.5. The lowest BCUT2D eigenvalue weighted by atomic mass is 10.2. The van der Waals surface area contributed by atoms with Crippen molar-refractivity contribution in [3.8, 4) is 0 Å². The van der Waals surface area contributed by atoms with Gasteiger partial charge in [0.1, 0.15) is 0 Å². The van der Waals surface area contributed by atoms with Gasteiger partial charge in [-0.2, -0.15) is 4.31 Å². The molecule has 1 aromatic carbocycles. The lowest BCUT2D eigenvalue weighted by Gasteiger charge is -2.24. The van der Waals surface area contributed by atoms with Crippen LogP contribution in [0.3, 0.4) is 0 Å². The highest BCUT2D eigenvalue weighted by molar-refractivity contribution is 7.89. The van der Waals surface area contributed by atoms with Crippen molar-refractivity contribution in [2.75, 3.05) is 26.8 Å². The van der Waals surface area contributed by atoms with Gasteiger partial charge >= 0.3 is 0 Å². The second kappa shape index (κ2) is 7.35. The highest BCUT2D eigenvalue weighted by Gasteiger charge is 2.31. The van der Waals surface area contributed by atoms with Crippen molar-refractivity contribution in [2.24, 2.45) is 0 Å². The quantitative estimate of drug-likeness (QED) is 0.777. The summed E-state index contributed by atoms with van der Waals surface area (Å²) in [6.45, 7) is 4.64. The molecule has 1 unspecified atom stereocenters. The Balaban J connectivity index is 2.22. The van der Waals surface area contributed by atoms with Gasteiger partial charge in [0.05, 0.1) is 17.5 Å². The van der Waals surface area contributed by atoms with E-state index in [0.717, 1.165) is 24.9 Å². The molecule has 0 aliphatic carbocycles. The van der Waals surface area contributed by atoms with Crippen LogP contribution in [0.1, 0.15) is 25.3 Å². The third-order valence-electron chi connectivity index (χ3n) is 3.79. The van der Waals surface area contributed by atoms with Gasteiger partial charge in [0.15, 0.2) is 0 Å². The van der Waals surface area contributed by atoms with Crippen molar-refractivity contribution >= 4 is 10.0 Å². The maximum absolute atomic E-state index is 12.8. The van der Waals surface area contributed by atoms with E-state index in [-0.39, 0.29) is 6.04 Å². The summed E-state index contributed by atoms with van der Waals surface area (Å²) < 4.78 is 32.4. The maximum Gasteiger partial charge on any atom is 0.243 e. The summed E-state index contributed by atoms with van der Waals surface area (Å²) in [5, 5.41) is 3.26. The summed E-state index contributed by atoms with van der Waals surface area (Å²) in [5.41, 5.74) is 0.816. The second-order valence-electron chi connectivity index (χ2n) is 5.32. The molecule has 2 rings (SSSR count). The first kappa shape index (κ1) is 16.4. The number of rotatable bonds is 7. The minimum Gasteiger partial charge on any atom is -0.380 e. The van der Waals surface area contributed by atoms with Crippen LogP contribution in [0.5, 0.6) is 0 Å². The summed E-state index contributed by atoms with van der Waals surface area (Å²) in [6.07, 6.45) is 1.78. The standard InChI is InChI=1S/C15H24N2O3S/c1-3-9-16-11-13-6-4-5-7-15(13)21(18,19)17(2)14-8-10-20-12-14/h4-7,14,16H,3,8-12H2,1-2H3. The Labute approximate surface area is 127 Å². The van der Waals surface area contributed by atoms with E-state index in [2.05, 4.69) is 12.2 Å². The van der Waals surface area contributed by atoms with Crippen molar-refractivity contribution in [1.29, 1.82) is 0 Å². The highest BCUT2D eigenvalue weighted by Crippen LogP contribution is 2.23. The smallest absolute Gasteiger partial charge is 0.243 e. The van der Waals surface area contributed by atoms with Gasteiger partial charge in [-0.05, 0) is 31.0 Å². The van der Waals surface area contributed by atoms with Gasteiger partial charge in [-0.1, -0.05) is 25.1 Å². The van der Waals surface area contributed by atoms with Gasteiger partial charge in [-0.3, -0.25) is 0 Å². The lowest BCUT2D eigenvalue weighted by Crippen LogP contribution is -2.37. The van der Waals surface area contributed by atoms with Gasteiger partial charge in [0, 0.05) is 20.2 Å². The number of nitrogens with one attached hydrogen (secondary N) is 1. The Morgan fingerprint density at radius 1 is 1.38 bits per heavy atom. The van der Waals surface area contributed by atoms with Crippen molar-refractivity contribution in [2.45, 2.75) is 37.2 Å². The molecule has 1 fully saturated rings. The van der Waals surface area contributed by atoms with E-state index in [1.807, 2.05) is 12.1 Å². The summed E-state index contributed by atoms with van der Waals surface area (Å²) in [6, 6.07) is 7.14. The third kappa shape index (κ3) is 3.83. The Kier molecular flexibility index (Phi) is 5.75. The molecule has 5 nitrogen and oxygen atoms in total. The molecule has 0 amide bonds. The minimum atomic E-state index is -3.48. The Bertz CT molecular complexity index is 554. The van der Waals surface area contributed by atoms with Gasteiger partial charge in [-0.25, -0.2) is 8.42 Å². The number of sulfonamides is 1. The SMILES string of the molecule is CCCNCc1ccccc1S(=O)(=O)N(C)C1CCOC1. The molecule has 1 saturated heterocycles. The average Bonchev–Trinajstić information content (AvgIpc) is 3.01. The van der Waals surface area contributed by atoms with E-state index in [4.69, 9.17) is 4.74 Å². The lowest BCUT2D eigenvalue weighted by molar-refractivity contribution is 0.181. The van der Waals surface area contributed by atoms with E-state index in [9.17, 15) is 8.42 Å². The first-order chi connectivity index (χ1) is 10.1.